The summed E-state index contributed by atoms with van der Waals surface area (Å²) in [6.45, 7) is 7.36. The average molecular weight is 346 g/mol. The predicted molar refractivity (Wildman–Crippen MR) is 99.6 cm³/mol. The van der Waals surface area contributed by atoms with Crippen molar-refractivity contribution in [1.29, 1.82) is 0 Å². The summed E-state index contributed by atoms with van der Waals surface area (Å²) >= 11 is 1.55. The molecule has 0 unspecified atom stereocenters. The first-order valence-electron chi connectivity index (χ1n) is 8.82. The van der Waals surface area contributed by atoms with E-state index in [1.807, 2.05) is 12.3 Å². The maximum absolute atomic E-state index is 4.72. The van der Waals surface area contributed by atoms with Crippen molar-refractivity contribution in [3.63, 3.8) is 0 Å². The minimum Gasteiger partial charge on any atom is -0.347 e. The van der Waals surface area contributed by atoms with Gasteiger partial charge >= 0.3 is 0 Å². The third kappa shape index (κ3) is 4.30. The average Bonchev–Trinajstić information content (AvgIpc) is 2.94. The molecule has 0 radical (unpaired) electrons. The maximum Gasteiger partial charge on any atom is 0.205 e. The van der Waals surface area contributed by atoms with Gasteiger partial charge in [0.05, 0.1) is 5.69 Å². The van der Waals surface area contributed by atoms with Crippen LogP contribution in [0.3, 0.4) is 0 Å². The SMILES string of the molecule is CC(C)c1nsc(N2CCC[C@H](N(C)Cc3ccccn3)CC2)n1. The predicted octanol–water partition coefficient (Wildman–Crippen LogP) is 3.55. The number of nitrogens with zero attached hydrogens (tertiary/aromatic N) is 5. The number of rotatable bonds is 5. The van der Waals surface area contributed by atoms with Crippen molar-refractivity contribution in [2.45, 2.75) is 51.6 Å². The van der Waals surface area contributed by atoms with Gasteiger partial charge in [-0.2, -0.15) is 4.37 Å². The van der Waals surface area contributed by atoms with Crippen LogP contribution in [0.1, 0.15) is 50.5 Å². The van der Waals surface area contributed by atoms with Crippen molar-refractivity contribution in [3.05, 3.63) is 35.9 Å². The molecule has 5 nitrogen and oxygen atoms in total. The zero-order valence-electron chi connectivity index (χ0n) is 14.9. The van der Waals surface area contributed by atoms with Gasteiger partial charge in [0.1, 0.15) is 5.82 Å². The lowest BCUT2D eigenvalue weighted by atomic mass is 10.1. The molecule has 0 saturated carbocycles. The normalized spacial score (nSPS) is 19.0. The van der Waals surface area contributed by atoms with Crippen LogP contribution in [0.5, 0.6) is 0 Å². The van der Waals surface area contributed by atoms with Crippen LogP contribution < -0.4 is 4.90 Å². The number of pyridine rings is 1. The molecule has 1 atom stereocenters. The van der Waals surface area contributed by atoms with E-state index < -0.39 is 0 Å². The van der Waals surface area contributed by atoms with Crippen LogP contribution in [0.25, 0.3) is 0 Å². The number of aromatic nitrogens is 3. The first kappa shape index (κ1) is 17.3. The first-order chi connectivity index (χ1) is 11.6. The maximum atomic E-state index is 4.72. The molecule has 0 aromatic carbocycles. The van der Waals surface area contributed by atoms with Crippen molar-refractivity contribution in [1.82, 2.24) is 19.2 Å². The van der Waals surface area contributed by atoms with Gasteiger partial charge in [0.2, 0.25) is 5.13 Å². The highest BCUT2D eigenvalue weighted by Gasteiger charge is 2.23. The lowest BCUT2D eigenvalue weighted by Crippen LogP contribution is -2.33. The molecule has 130 valence electrons. The van der Waals surface area contributed by atoms with Crippen LogP contribution in [0.15, 0.2) is 24.4 Å². The van der Waals surface area contributed by atoms with Crippen molar-refractivity contribution in [2.75, 3.05) is 25.0 Å². The van der Waals surface area contributed by atoms with E-state index in [2.05, 4.69) is 52.2 Å². The van der Waals surface area contributed by atoms with Gasteiger partial charge in [0.15, 0.2) is 0 Å². The molecular weight excluding hydrogens is 318 g/mol. The molecule has 0 N–H and O–H groups in total. The minimum absolute atomic E-state index is 0.402. The summed E-state index contributed by atoms with van der Waals surface area (Å²) in [6, 6.07) is 6.75. The zero-order valence-corrected chi connectivity index (χ0v) is 15.7. The fraction of sp³-hybridized carbons (Fsp3) is 0.611. The Morgan fingerprint density at radius 1 is 1.29 bits per heavy atom. The lowest BCUT2D eigenvalue weighted by Gasteiger charge is -2.26. The zero-order chi connectivity index (χ0) is 16.9. The molecule has 0 bridgehead atoms. The van der Waals surface area contributed by atoms with Gasteiger partial charge in [0.25, 0.3) is 0 Å². The van der Waals surface area contributed by atoms with E-state index in [0.29, 0.717) is 12.0 Å². The summed E-state index contributed by atoms with van der Waals surface area (Å²) in [6.07, 6.45) is 5.48. The van der Waals surface area contributed by atoms with Crippen molar-refractivity contribution in [2.24, 2.45) is 0 Å². The smallest absolute Gasteiger partial charge is 0.205 e. The van der Waals surface area contributed by atoms with E-state index in [1.165, 1.54) is 19.3 Å². The quantitative estimate of drug-likeness (QED) is 0.829. The van der Waals surface area contributed by atoms with Gasteiger partial charge in [-0.3, -0.25) is 9.88 Å². The van der Waals surface area contributed by atoms with Crippen LogP contribution in [0, 0.1) is 0 Å². The Hall–Kier alpha value is -1.53. The lowest BCUT2D eigenvalue weighted by molar-refractivity contribution is 0.215. The molecule has 24 heavy (non-hydrogen) atoms. The van der Waals surface area contributed by atoms with Gasteiger partial charge in [-0.25, -0.2) is 4.98 Å². The summed E-state index contributed by atoms with van der Waals surface area (Å²) < 4.78 is 4.50. The molecule has 1 saturated heterocycles. The molecule has 1 fully saturated rings. The Labute approximate surface area is 148 Å². The molecule has 1 aliphatic rings. The summed E-state index contributed by atoms with van der Waals surface area (Å²) in [4.78, 5) is 14.0. The Bertz CT molecular complexity index is 627. The van der Waals surface area contributed by atoms with Gasteiger partial charge in [-0.05, 0) is 38.4 Å². The number of hydrogen-bond acceptors (Lipinski definition) is 6. The van der Waals surface area contributed by atoms with Crippen LogP contribution >= 0.6 is 11.5 Å². The summed E-state index contributed by atoms with van der Waals surface area (Å²) in [7, 11) is 2.22. The highest BCUT2D eigenvalue weighted by atomic mass is 32.1. The van der Waals surface area contributed by atoms with E-state index in [1.54, 1.807) is 11.5 Å². The van der Waals surface area contributed by atoms with E-state index in [0.717, 1.165) is 36.3 Å². The van der Waals surface area contributed by atoms with Crippen molar-refractivity contribution < 1.29 is 0 Å². The monoisotopic (exact) mass is 345 g/mol. The Balaban J connectivity index is 1.58. The second kappa shape index (κ2) is 8.03. The van der Waals surface area contributed by atoms with Gasteiger partial charge in [-0.15, -0.1) is 0 Å². The highest BCUT2D eigenvalue weighted by molar-refractivity contribution is 7.09. The number of anilines is 1. The molecule has 3 rings (SSSR count). The molecule has 0 aliphatic carbocycles. The van der Waals surface area contributed by atoms with Crippen LogP contribution in [-0.4, -0.2) is 45.4 Å². The number of hydrogen-bond donors (Lipinski definition) is 0. The van der Waals surface area contributed by atoms with E-state index >= 15 is 0 Å². The first-order valence-corrected chi connectivity index (χ1v) is 9.59. The van der Waals surface area contributed by atoms with Gasteiger partial charge in [-0.1, -0.05) is 19.9 Å². The van der Waals surface area contributed by atoms with Crippen molar-refractivity contribution in [3.8, 4) is 0 Å². The molecule has 0 amide bonds. The molecule has 2 aromatic heterocycles. The third-order valence-electron chi connectivity index (χ3n) is 4.68. The van der Waals surface area contributed by atoms with Gasteiger partial charge in [0, 0.05) is 49.3 Å². The third-order valence-corrected chi connectivity index (χ3v) is 5.47. The second-order valence-corrected chi connectivity index (χ2v) is 7.63. The van der Waals surface area contributed by atoms with Crippen molar-refractivity contribution >= 4 is 16.7 Å². The Morgan fingerprint density at radius 3 is 2.88 bits per heavy atom. The highest BCUT2D eigenvalue weighted by Crippen LogP contribution is 2.25. The summed E-state index contributed by atoms with van der Waals surface area (Å²) in [5.41, 5.74) is 1.15. The van der Waals surface area contributed by atoms with E-state index in [4.69, 9.17) is 4.98 Å². The summed E-state index contributed by atoms with van der Waals surface area (Å²) in [5, 5.41) is 1.09. The molecule has 0 spiro atoms. The molecule has 6 heteroatoms. The Morgan fingerprint density at radius 2 is 2.17 bits per heavy atom. The van der Waals surface area contributed by atoms with E-state index in [-0.39, 0.29) is 0 Å². The topological polar surface area (TPSA) is 45.2 Å². The standard InChI is InChI=1S/C18H27N5S/c1-14(2)17-20-18(24-21-17)23-11-6-8-16(9-12-23)22(3)13-15-7-4-5-10-19-15/h4-5,7,10,14,16H,6,8-9,11-13H2,1-3H3/t16-/m0/s1. The molecule has 3 heterocycles. The second-order valence-electron chi connectivity index (χ2n) is 6.90. The summed E-state index contributed by atoms with van der Waals surface area (Å²) in [5.74, 6) is 1.38. The Kier molecular flexibility index (Phi) is 5.79. The largest absolute Gasteiger partial charge is 0.347 e. The molecule has 1 aliphatic heterocycles. The van der Waals surface area contributed by atoms with Crippen LogP contribution in [-0.2, 0) is 6.54 Å². The fourth-order valence-corrected chi connectivity index (χ4v) is 4.04. The van der Waals surface area contributed by atoms with Crippen LogP contribution in [0.2, 0.25) is 0 Å². The van der Waals surface area contributed by atoms with Crippen LogP contribution in [0.4, 0.5) is 5.13 Å². The minimum atomic E-state index is 0.402. The fourth-order valence-electron chi connectivity index (χ4n) is 3.18. The van der Waals surface area contributed by atoms with Gasteiger partial charge < -0.3 is 4.90 Å². The molecule has 2 aromatic rings. The molecular formula is C18H27N5S. The van der Waals surface area contributed by atoms with E-state index in [9.17, 15) is 0 Å².